The summed E-state index contributed by atoms with van der Waals surface area (Å²) in [6.07, 6.45) is 0.360. The van der Waals surface area contributed by atoms with Crippen LogP contribution in [0.5, 0.6) is 0 Å². The number of hydrogen-bond acceptors (Lipinski definition) is 3. The highest BCUT2D eigenvalue weighted by atomic mass is 79.9. The fourth-order valence-electron chi connectivity index (χ4n) is 2.15. The first-order valence-electron chi connectivity index (χ1n) is 6.08. The minimum Gasteiger partial charge on any atom is -0.391 e. The summed E-state index contributed by atoms with van der Waals surface area (Å²) < 4.78 is 1.11. The molecule has 0 fully saturated rings. The first kappa shape index (κ1) is 15.2. The van der Waals surface area contributed by atoms with Crippen LogP contribution in [0.1, 0.15) is 32.6 Å². The van der Waals surface area contributed by atoms with E-state index in [1.54, 1.807) is 11.3 Å². The predicted molar refractivity (Wildman–Crippen MR) is 78.7 cm³/mol. The van der Waals surface area contributed by atoms with Crippen molar-refractivity contribution >= 4 is 27.3 Å². The minimum absolute atomic E-state index is 0.188. The third-order valence-electron chi connectivity index (χ3n) is 3.46. The van der Waals surface area contributed by atoms with E-state index in [1.165, 1.54) is 4.88 Å². The highest BCUT2D eigenvalue weighted by molar-refractivity contribution is 9.10. The van der Waals surface area contributed by atoms with E-state index in [1.807, 2.05) is 6.07 Å². The van der Waals surface area contributed by atoms with Gasteiger partial charge < -0.3 is 5.11 Å². The van der Waals surface area contributed by atoms with Crippen molar-refractivity contribution in [2.24, 2.45) is 0 Å². The van der Waals surface area contributed by atoms with Crippen LogP contribution < -0.4 is 0 Å². The zero-order valence-electron chi connectivity index (χ0n) is 11.0. The highest BCUT2D eigenvalue weighted by Crippen LogP contribution is 2.28. The van der Waals surface area contributed by atoms with Gasteiger partial charge in [0.2, 0.25) is 0 Å². The van der Waals surface area contributed by atoms with Crippen molar-refractivity contribution in [3.63, 3.8) is 0 Å². The molecule has 0 spiro atoms. The molecule has 0 aliphatic heterocycles. The Labute approximate surface area is 117 Å². The standard InChI is InChI=1S/C13H22BrNOS/c1-5-15(6-2)13(3,4)12(16)9-11-10(14)7-8-17-11/h7-8,12,16H,5-6,9H2,1-4H3. The second-order valence-electron chi connectivity index (χ2n) is 4.74. The second-order valence-corrected chi connectivity index (χ2v) is 6.59. The van der Waals surface area contributed by atoms with Gasteiger partial charge in [-0.2, -0.15) is 0 Å². The van der Waals surface area contributed by atoms with E-state index >= 15 is 0 Å². The summed E-state index contributed by atoms with van der Waals surface area (Å²) in [4.78, 5) is 3.52. The summed E-state index contributed by atoms with van der Waals surface area (Å²) in [6.45, 7) is 10.4. The molecule has 17 heavy (non-hydrogen) atoms. The van der Waals surface area contributed by atoms with E-state index in [9.17, 15) is 5.11 Å². The summed E-state index contributed by atoms with van der Waals surface area (Å²) in [5.41, 5.74) is -0.188. The van der Waals surface area contributed by atoms with Gasteiger partial charge in [-0.3, -0.25) is 4.90 Å². The molecule has 0 aliphatic rings. The Balaban J connectivity index is 2.75. The lowest BCUT2D eigenvalue weighted by Crippen LogP contribution is -2.53. The van der Waals surface area contributed by atoms with E-state index in [2.05, 4.69) is 53.9 Å². The van der Waals surface area contributed by atoms with Crippen LogP contribution in [0.4, 0.5) is 0 Å². The number of aliphatic hydroxyl groups is 1. The Hall–Kier alpha value is 0.100. The molecule has 1 heterocycles. The van der Waals surface area contributed by atoms with Crippen molar-refractivity contribution < 1.29 is 5.11 Å². The topological polar surface area (TPSA) is 23.5 Å². The van der Waals surface area contributed by atoms with Gasteiger partial charge in [0.05, 0.1) is 6.10 Å². The SMILES string of the molecule is CCN(CC)C(C)(C)C(O)Cc1sccc1Br. The van der Waals surface area contributed by atoms with Gasteiger partial charge >= 0.3 is 0 Å². The van der Waals surface area contributed by atoms with Crippen LogP contribution in [0.2, 0.25) is 0 Å². The molecule has 0 bridgehead atoms. The lowest BCUT2D eigenvalue weighted by molar-refractivity contribution is -0.00380. The van der Waals surface area contributed by atoms with Gasteiger partial charge in [-0.1, -0.05) is 13.8 Å². The fraction of sp³-hybridized carbons (Fsp3) is 0.692. The molecule has 0 amide bonds. The van der Waals surface area contributed by atoms with Crippen molar-refractivity contribution in [1.29, 1.82) is 0 Å². The molecule has 0 saturated heterocycles. The maximum atomic E-state index is 10.4. The maximum Gasteiger partial charge on any atom is 0.0766 e. The van der Waals surface area contributed by atoms with Crippen molar-refractivity contribution in [2.45, 2.75) is 45.8 Å². The molecular formula is C13H22BrNOS. The zero-order valence-corrected chi connectivity index (χ0v) is 13.4. The second kappa shape index (κ2) is 6.32. The molecule has 1 aromatic rings. The molecule has 2 nitrogen and oxygen atoms in total. The van der Waals surface area contributed by atoms with Crippen LogP contribution >= 0.6 is 27.3 Å². The largest absolute Gasteiger partial charge is 0.391 e. The first-order chi connectivity index (χ1) is 7.93. The molecule has 1 atom stereocenters. The number of hydrogen-bond donors (Lipinski definition) is 1. The molecule has 0 aliphatic carbocycles. The van der Waals surface area contributed by atoms with Crippen LogP contribution in [0.15, 0.2) is 15.9 Å². The first-order valence-corrected chi connectivity index (χ1v) is 7.75. The van der Waals surface area contributed by atoms with Crippen LogP contribution in [-0.2, 0) is 6.42 Å². The van der Waals surface area contributed by atoms with Crippen LogP contribution in [0.25, 0.3) is 0 Å². The lowest BCUT2D eigenvalue weighted by atomic mass is 9.92. The third kappa shape index (κ3) is 3.53. The van der Waals surface area contributed by atoms with Crippen molar-refractivity contribution in [3.05, 3.63) is 20.8 Å². The van der Waals surface area contributed by atoms with Gasteiger partial charge in [-0.05, 0) is 54.3 Å². The Kier molecular flexibility index (Phi) is 5.64. The Morgan fingerprint density at radius 1 is 1.41 bits per heavy atom. The Morgan fingerprint density at radius 2 is 2.00 bits per heavy atom. The van der Waals surface area contributed by atoms with Gasteiger partial charge in [0.25, 0.3) is 0 Å². The number of nitrogens with zero attached hydrogens (tertiary/aromatic N) is 1. The average Bonchev–Trinajstić information content (AvgIpc) is 2.65. The fourth-order valence-corrected chi connectivity index (χ4v) is 3.70. The van der Waals surface area contributed by atoms with E-state index < -0.39 is 0 Å². The zero-order chi connectivity index (χ0) is 13.1. The normalized spacial score (nSPS) is 14.3. The summed E-state index contributed by atoms with van der Waals surface area (Å²) in [5.74, 6) is 0. The van der Waals surface area contributed by atoms with Gasteiger partial charge in [-0.25, -0.2) is 0 Å². The average molecular weight is 320 g/mol. The van der Waals surface area contributed by atoms with Gasteiger partial charge in [0.15, 0.2) is 0 Å². The number of halogens is 1. The summed E-state index contributed by atoms with van der Waals surface area (Å²) >= 11 is 5.21. The smallest absolute Gasteiger partial charge is 0.0766 e. The molecule has 1 N–H and O–H groups in total. The van der Waals surface area contributed by atoms with Gasteiger partial charge in [-0.15, -0.1) is 11.3 Å². The van der Waals surface area contributed by atoms with Crippen LogP contribution in [-0.4, -0.2) is 34.7 Å². The van der Waals surface area contributed by atoms with Crippen molar-refractivity contribution in [1.82, 2.24) is 4.90 Å². The highest BCUT2D eigenvalue weighted by Gasteiger charge is 2.33. The van der Waals surface area contributed by atoms with Gasteiger partial charge in [0, 0.05) is 21.3 Å². The molecule has 0 aromatic carbocycles. The predicted octanol–water partition coefficient (Wildman–Crippen LogP) is 3.53. The number of aliphatic hydroxyl groups excluding tert-OH is 1. The molecule has 0 saturated carbocycles. The Morgan fingerprint density at radius 3 is 2.41 bits per heavy atom. The van der Waals surface area contributed by atoms with E-state index in [0.29, 0.717) is 6.42 Å². The monoisotopic (exact) mass is 319 g/mol. The minimum atomic E-state index is -0.350. The molecular weight excluding hydrogens is 298 g/mol. The Bertz CT molecular complexity index is 347. The number of thiophene rings is 1. The van der Waals surface area contributed by atoms with E-state index in [-0.39, 0.29) is 11.6 Å². The van der Waals surface area contributed by atoms with Crippen LogP contribution in [0, 0.1) is 0 Å². The van der Waals surface area contributed by atoms with Crippen molar-refractivity contribution in [3.8, 4) is 0 Å². The molecule has 1 aromatic heterocycles. The van der Waals surface area contributed by atoms with Gasteiger partial charge in [0.1, 0.15) is 0 Å². The third-order valence-corrected chi connectivity index (χ3v) is 5.41. The van der Waals surface area contributed by atoms with Crippen molar-refractivity contribution in [2.75, 3.05) is 13.1 Å². The number of likely N-dealkylation sites (N-methyl/N-ethyl adjacent to an activating group) is 1. The molecule has 1 unspecified atom stereocenters. The molecule has 0 radical (unpaired) electrons. The summed E-state index contributed by atoms with van der Waals surface area (Å²) in [5, 5.41) is 12.5. The van der Waals surface area contributed by atoms with Crippen LogP contribution in [0.3, 0.4) is 0 Å². The molecule has 1 rings (SSSR count). The quantitative estimate of drug-likeness (QED) is 0.867. The summed E-state index contributed by atoms with van der Waals surface area (Å²) in [7, 11) is 0. The summed E-state index contributed by atoms with van der Waals surface area (Å²) in [6, 6.07) is 2.04. The molecule has 4 heteroatoms. The molecule has 98 valence electrons. The van der Waals surface area contributed by atoms with E-state index in [4.69, 9.17) is 0 Å². The number of rotatable bonds is 6. The maximum absolute atomic E-state index is 10.4. The lowest BCUT2D eigenvalue weighted by Gasteiger charge is -2.41. The van der Waals surface area contributed by atoms with E-state index in [0.717, 1.165) is 17.6 Å².